The van der Waals surface area contributed by atoms with Gasteiger partial charge in [-0.25, -0.2) is 0 Å². The fourth-order valence-corrected chi connectivity index (χ4v) is 2.54. The third-order valence-corrected chi connectivity index (χ3v) is 3.78. The lowest BCUT2D eigenvalue weighted by Gasteiger charge is -2.42. The molecule has 2 heteroatoms. The standard InChI is InChI=1S/C12H26N2/c1-11(2,13)9-6-5-7-10(8-9)12(3,4)14/h9-10H,5-8,13-14H2,1-4H3. The highest BCUT2D eigenvalue weighted by Crippen LogP contribution is 2.38. The summed E-state index contributed by atoms with van der Waals surface area (Å²) >= 11 is 0. The highest BCUT2D eigenvalue weighted by atomic mass is 14.8. The summed E-state index contributed by atoms with van der Waals surface area (Å²) in [4.78, 5) is 0. The minimum absolute atomic E-state index is 0.0378. The van der Waals surface area contributed by atoms with E-state index in [4.69, 9.17) is 11.5 Å². The van der Waals surface area contributed by atoms with Gasteiger partial charge in [0.05, 0.1) is 0 Å². The molecule has 1 aliphatic carbocycles. The topological polar surface area (TPSA) is 52.0 Å². The summed E-state index contributed by atoms with van der Waals surface area (Å²) in [6, 6.07) is 0. The van der Waals surface area contributed by atoms with Crippen molar-refractivity contribution < 1.29 is 0 Å². The SMILES string of the molecule is CC(C)(N)C1CCCC(C(C)(C)N)C1. The molecular weight excluding hydrogens is 172 g/mol. The molecule has 0 bridgehead atoms. The number of hydrogen-bond donors (Lipinski definition) is 2. The van der Waals surface area contributed by atoms with Crippen molar-refractivity contribution in [2.75, 3.05) is 0 Å². The molecule has 0 heterocycles. The molecule has 1 fully saturated rings. The summed E-state index contributed by atoms with van der Waals surface area (Å²) in [6.07, 6.45) is 5.04. The highest BCUT2D eigenvalue weighted by Gasteiger charge is 2.35. The Morgan fingerprint density at radius 3 is 1.50 bits per heavy atom. The van der Waals surface area contributed by atoms with Gasteiger partial charge in [0, 0.05) is 11.1 Å². The maximum atomic E-state index is 6.17. The van der Waals surface area contributed by atoms with E-state index >= 15 is 0 Å². The van der Waals surface area contributed by atoms with Crippen LogP contribution in [0.15, 0.2) is 0 Å². The lowest BCUT2D eigenvalue weighted by molar-refractivity contribution is 0.142. The molecule has 2 nitrogen and oxygen atoms in total. The molecule has 84 valence electrons. The molecular formula is C12H26N2. The quantitative estimate of drug-likeness (QED) is 0.715. The maximum Gasteiger partial charge on any atom is 0.0125 e. The fourth-order valence-electron chi connectivity index (χ4n) is 2.54. The second-order valence-electron chi connectivity index (χ2n) is 6.20. The van der Waals surface area contributed by atoms with Crippen LogP contribution in [0.4, 0.5) is 0 Å². The van der Waals surface area contributed by atoms with Gasteiger partial charge in [-0.3, -0.25) is 0 Å². The van der Waals surface area contributed by atoms with Crippen LogP contribution in [-0.4, -0.2) is 11.1 Å². The minimum Gasteiger partial charge on any atom is -0.325 e. The molecule has 0 radical (unpaired) electrons. The molecule has 0 amide bonds. The summed E-state index contributed by atoms with van der Waals surface area (Å²) in [6.45, 7) is 8.57. The van der Waals surface area contributed by atoms with Crippen LogP contribution < -0.4 is 11.5 Å². The Labute approximate surface area is 88.4 Å². The number of nitrogens with two attached hydrogens (primary N) is 2. The normalized spacial score (nSPS) is 30.4. The van der Waals surface area contributed by atoms with E-state index in [1.165, 1.54) is 25.7 Å². The van der Waals surface area contributed by atoms with Crippen molar-refractivity contribution in [2.45, 2.75) is 64.5 Å². The lowest BCUT2D eigenvalue weighted by Crippen LogP contribution is -2.48. The molecule has 2 atom stereocenters. The summed E-state index contributed by atoms with van der Waals surface area (Å²) in [5.41, 5.74) is 12.3. The summed E-state index contributed by atoms with van der Waals surface area (Å²) < 4.78 is 0. The van der Waals surface area contributed by atoms with E-state index in [1.54, 1.807) is 0 Å². The van der Waals surface area contributed by atoms with Gasteiger partial charge in [-0.1, -0.05) is 6.42 Å². The van der Waals surface area contributed by atoms with Crippen molar-refractivity contribution in [3.8, 4) is 0 Å². The van der Waals surface area contributed by atoms with Crippen LogP contribution in [0.25, 0.3) is 0 Å². The van der Waals surface area contributed by atoms with Crippen molar-refractivity contribution in [3.63, 3.8) is 0 Å². The average molecular weight is 198 g/mol. The predicted molar refractivity (Wildman–Crippen MR) is 62.0 cm³/mol. The van der Waals surface area contributed by atoms with E-state index in [1.807, 2.05) is 0 Å². The van der Waals surface area contributed by atoms with E-state index in [2.05, 4.69) is 27.7 Å². The van der Waals surface area contributed by atoms with Gasteiger partial charge < -0.3 is 11.5 Å². The first-order valence-electron chi connectivity index (χ1n) is 5.79. The average Bonchev–Trinajstić information content (AvgIpc) is 2.01. The van der Waals surface area contributed by atoms with Gasteiger partial charge >= 0.3 is 0 Å². The van der Waals surface area contributed by atoms with Crippen molar-refractivity contribution in [1.29, 1.82) is 0 Å². The molecule has 1 rings (SSSR count). The van der Waals surface area contributed by atoms with Gasteiger partial charge in [-0.15, -0.1) is 0 Å². The zero-order valence-electron chi connectivity index (χ0n) is 10.1. The number of hydrogen-bond acceptors (Lipinski definition) is 2. The molecule has 1 saturated carbocycles. The molecule has 1 aliphatic rings. The van der Waals surface area contributed by atoms with E-state index in [-0.39, 0.29) is 11.1 Å². The molecule has 0 aromatic carbocycles. The Hall–Kier alpha value is -0.0800. The van der Waals surface area contributed by atoms with Gasteiger partial charge in [-0.05, 0) is 58.8 Å². The molecule has 0 aromatic rings. The third kappa shape index (κ3) is 2.96. The van der Waals surface area contributed by atoms with Crippen LogP contribution in [0, 0.1) is 11.8 Å². The van der Waals surface area contributed by atoms with E-state index in [9.17, 15) is 0 Å². The van der Waals surface area contributed by atoms with Crippen LogP contribution in [-0.2, 0) is 0 Å². The second-order valence-corrected chi connectivity index (χ2v) is 6.20. The van der Waals surface area contributed by atoms with E-state index < -0.39 is 0 Å². The van der Waals surface area contributed by atoms with Crippen LogP contribution in [0.3, 0.4) is 0 Å². The molecule has 0 spiro atoms. The van der Waals surface area contributed by atoms with Gasteiger partial charge in [0.15, 0.2) is 0 Å². The van der Waals surface area contributed by atoms with Crippen LogP contribution >= 0.6 is 0 Å². The Balaban J connectivity index is 2.61. The van der Waals surface area contributed by atoms with E-state index in [0.29, 0.717) is 11.8 Å². The first kappa shape index (κ1) is 12.0. The molecule has 0 aliphatic heterocycles. The molecule has 2 unspecified atom stereocenters. The zero-order valence-corrected chi connectivity index (χ0v) is 10.1. The van der Waals surface area contributed by atoms with Crippen LogP contribution in [0.2, 0.25) is 0 Å². The van der Waals surface area contributed by atoms with Crippen LogP contribution in [0.1, 0.15) is 53.4 Å². The van der Waals surface area contributed by atoms with Crippen molar-refractivity contribution >= 4 is 0 Å². The molecule has 0 saturated heterocycles. The Bertz CT molecular complexity index is 165. The lowest BCUT2D eigenvalue weighted by atomic mass is 9.68. The molecule has 4 N–H and O–H groups in total. The predicted octanol–water partition coefficient (Wildman–Crippen LogP) is 2.27. The van der Waals surface area contributed by atoms with Gasteiger partial charge in [0.2, 0.25) is 0 Å². The second kappa shape index (κ2) is 3.82. The Kier molecular flexibility index (Phi) is 3.27. The molecule has 0 aromatic heterocycles. The van der Waals surface area contributed by atoms with Crippen molar-refractivity contribution in [3.05, 3.63) is 0 Å². The largest absolute Gasteiger partial charge is 0.325 e. The molecule has 14 heavy (non-hydrogen) atoms. The first-order valence-corrected chi connectivity index (χ1v) is 5.79. The Morgan fingerprint density at radius 2 is 1.21 bits per heavy atom. The summed E-state index contributed by atoms with van der Waals surface area (Å²) in [5, 5.41) is 0. The number of rotatable bonds is 2. The first-order chi connectivity index (χ1) is 6.21. The summed E-state index contributed by atoms with van der Waals surface area (Å²) in [7, 11) is 0. The van der Waals surface area contributed by atoms with Gasteiger partial charge in [0.1, 0.15) is 0 Å². The van der Waals surface area contributed by atoms with Gasteiger partial charge in [-0.2, -0.15) is 0 Å². The summed E-state index contributed by atoms with van der Waals surface area (Å²) in [5.74, 6) is 1.29. The zero-order chi connectivity index (χ0) is 11.0. The smallest absolute Gasteiger partial charge is 0.0125 e. The fraction of sp³-hybridized carbons (Fsp3) is 1.00. The third-order valence-electron chi connectivity index (χ3n) is 3.78. The minimum atomic E-state index is -0.0378. The maximum absolute atomic E-state index is 6.17. The van der Waals surface area contributed by atoms with Gasteiger partial charge in [0.25, 0.3) is 0 Å². The van der Waals surface area contributed by atoms with Crippen molar-refractivity contribution in [1.82, 2.24) is 0 Å². The van der Waals surface area contributed by atoms with Crippen LogP contribution in [0.5, 0.6) is 0 Å². The Morgan fingerprint density at radius 1 is 0.857 bits per heavy atom. The highest BCUT2D eigenvalue weighted by molar-refractivity contribution is 4.92. The monoisotopic (exact) mass is 198 g/mol. The van der Waals surface area contributed by atoms with E-state index in [0.717, 1.165) is 0 Å². The van der Waals surface area contributed by atoms with Crippen molar-refractivity contribution in [2.24, 2.45) is 23.3 Å².